The number of nitro benzene ring substituents is 1. The summed E-state index contributed by atoms with van der Waals surface area (Å²) in [5, 5.41) is 13.8. The van der Waals surface area contributed by atoms with Gasteiger partial charge < -0.3 is 0 Å². The second-order valence-corrected chi connectivity index (χ2v) is 8.02. The molecule has 4 rings (SSSR count). The third kappa shape index (κ3) is 5.13. The van der Waals surface area contributed by atoms with Crippen molar-refractivity contribution in [2.45, 2.75) is 25.9 Å². The Kier molecular flexibility index (Phi) is 6.07. The van der Waals surface area contributed by atoms with Gasteiger partial charge in [-0.1, -0.05) is 42.5 Å². The normalized spacial score (nSPS) is 14.7. The summed E-state index contributed by atoms with van der Waals surface area (Å²) in [6, 6.07) is 17.2. The summed E-state index contributed by atoms with van der Waals surface area (Å²) in [5.41, 5.74) is 4.22. The Hall–Kier alpha value is -2.90. The Balaban J connectivity index is 1.32. The van der Waals surface area contributed by atoms with Crippen molar-refractivity contribution in [3.05, 3.63) is 80.7 Å². The van der Waals surface area contributed by atoms with E-state index in [1.165, 1.54) is 17.3 Å². The van der Waals surface area contributed by atoms with Crippen LogP contribution >= 0.6 is 11.3 Å². The van der Waals surface area contributed by atoms with E-state index in [0.29, 0.717) is 6.54 Å². The molecular weight excluding hydrogens is 384 g/mol. The van der Waals surface area contributed by atoms with Gasteiger partial charge in [-0.2, -0.15) is 0 Å². The lowest BCUT2D eigenvalue weighted by Gasteiger charge is -2.27. The first kappa shape index (κ1) is 19.4. The quantitative estimate of drug-likeness (QED) is 0.429. The van der Waals surface area contributed by atoms with Gasteiger partial charge in [0.2, 0.25) is 0 Å². The van der Waals surface area contributed by atoms with Gasteiger partial charge in [-0.15, -0.1) is 11.3 Å². The number of aliphatic imine (C=N–C) groups is 1. The molecule has 29 heavy (non-hydrogen) atoms. The second-order valence-electron chi connectivity index (χ2n) is 7.08. The summed E-state index contributed by atoms with van der Waals surface area (Å²) in [4.78, 5) is 22.4. The van der Waals surface area contributed by atoms with E-state index in [-0.39, 0.29) is 10.6 Å². The summed E-state index contributed by atoms with van der Waals surface area (Å²) in [5.74, 6) is 0. The van der Waals surface area contributed by atoms with E-state index in [0.717, 1.165) is 48.7 Å². The van der Waals surface area contributed by atoms with Crippen LogP contribution < -0.4 is 0 Å². The molecule has 0 saturated carbocycles. The predicted octanol–water partition coefficient (Wildman–Crippen LogP) is 4.96. The van der Waals surface area contributed by atoms with Crippen LogP contribution in [0.1, 0.15) is 23.4 Å². The van der Waals surface area contributed by atoms with Crippen molar-refractivity contribution in [2.24, 2.45) is 4.99 Å². The second kappa shape index (κ2) is 9.07. The number of rotatable bonds is 6. The van der Waals surface area contributed by atoms with Crippen molar-refractivity contribution in [3.63, 3.8) is 0 Å². The topological polar surface area (TPSA) is 71.6 Å². The minimum absolute atomic E-state index is 0.0829. The molecule has 1 aliphatic rings. The van der Waals surface area contributed by atoms with Gasteiger partial charge in [0.1, 0.15) is 5.01 Å². The van der Waals surface area contributed by atoms with E-state index in [9.17, 15) is 10.1 Å². The molecule has 2 aromatic carbocycles. The number of benzene rings is 2. The molecule has 6 nitrogen and oxygen atoms in total. The third-order valence-electron chi connectivity index (χ3n) is 5.02. The molecule has 0 N–H and O–H groups in total. The van der Waals surface area contributed by atoms with Crippen LogP contribution in [0, 0.1) is 10.1 Å². The van der Waals surface area contributed by atoms with Crippen molar-refractivity contribution in [2.75, 3.05) is 13.1 Å². The molecule has 7 heteroatoms. The van der Waals surface area contributed by atoms with Gasteiger partial charge in [-0.25, -0.2) is 4.98 Å². The number of nitro groups is 1. The van der Waals surface area contributed by atoms with Gasteiger partial charge in [0.15, 0.2) is 0 Å². The molecule has 0 bridgehead atoms. The highest BCUT2D eigenvalue weighted by Gasteiger charge is 2.15. The Morgan fingerprint density at radius 2 is 1.90 bits per heavy atom. The molecular formula is C22H22N4O2S. The number of hydrogen-bond acceptors (Lipinski definition) is 6. The number of likely N-dealkylation sites (tertiary alicyclic amines) is 1. The molecule has 0 amide bonds. The maximum atomic E-state index is 11.0. The number of hydrogen-bond donors (Lipinski definition) is 0. The summed E-state index contributed by atoms with van der Waals surface area (Å²) in [7, 11) is 0. The van der Waals surface area contributed by atoms with Crippen LogP contribution in [0.3, 0.4) is 0 Å². The van der Waals surface area contributed by atoms with E-state index >= 15 is 0 Å². The SMILES string of the molecule is O=[N+]([O-])c1cccc(-c2csc(CN=C3CCN(Cc4ccccc4)CC3)n2)c1. The zero-order chi connectivity index (χ0) is 20.1. The highest BCUT2D eigenvalue weighted by molar-refractivity contribution is 7.09. The fourth-order valence-electron chi connectivity index (χ4n) is 3.44. The molecule has 1 aliphatic heterocycles. The highest BCUT2D eigenvalue weighted by Crippen LogP contribution is 2.26. The van der Waals surface area contributed by atoms with Crippen LogP contribution in [0.4, 0.5) is 5.69 Å². The molecule has 0 spiro atoms. The molecule has 0 aliphatic carbocycles. The average molecular weight is 407 g/mol. The van der Waals surface area contributed by atoms with Crippen molar-refractivity contribution >= 4 is 22.7 Å². The first-order chi connectivity index (χ1) is 14.2. The Morgan fingerprint density at radius 3 is 2.66 bits per heavy atom. The Labute approximate surface area is 173 Å². The third-order valence-corrected chi connectivity index (χ3v) is 5.86. The van der Waals surface area contributed by atoms with Crippen molar-refractivity contribution in [1.82, 2.24) is 9.88 Å². The molecule has 1 fully saturated rings. The highest BCUT2D eigenvalue weighted by atomic mass is 32.1. The monoisotopic (exact) mass is 406 g/mol. The molecule has 0 unspecified atom stereocenters. The van der Waals surface area contributed by atoms with Crippen LogP contribution in [0.5, 0.6) is 0 Å². The number of non-ortho nitro benzene ring substituents is 1. The van der Waals surface area contributed by atoms with Crippen LogP contribution in [0.25, 0.3) is 11.3 Å². The van der Waals surface area contributed by atoms with E-state index in [1.54, 1.807) is 23.5 Å². The van der Waals surface area contributed by atoms with Crippen LogP contribution in [0.15, 0.2) is 65.0 Å². The Morgan fingerprint density at radius 1 is 1.10 bits per heavy atom. The summed E-state index contributed by atoms with van der Waals surface area (Å²) in [6.07, 6.45) is 1.99. The smallest absolute Gasteiger partial charge is 0.270 e. The van der Waals surface area contributed by atoms with E-state index in [1.807, 2.05) is 17.5 Å². The molecule has 148 valence electrons. The van der Waals surface area contributed by atoms with Gasteiger partial charge >= 0.3 is 0 Å². The largest absolute Gasteiger partial charge is 0.298 e. The fourth-order valence-corrected chi connectivity index (χ4v) is 4.17. The maximum Gasteiger partial charge on any atom is 0.270 e. The lowest BCUT2D eigenvalue weighted by Crippen LogP contribution is -2.33. The number of aromatic nitrogens is 1. The molecule has 3 aromatic rings. The minimum atomic E-state index is -0.382. The zero-order valence-electron chi connectivity index (χ0n) is 16.0. The Bertz CT molecular complexity index is 1010. The van der Waals surface area contributed by atoms with Crippen LogP contribution in [0.2, 0.25) is 0 Å². The van der Waals surface area contributed by atoms with Gasteiger partial charge in [0.05, 0.1) is 17.2 Å². The fraction of sp³-hybridized carbons (Fsp3) is 0.273. The average Bonchev–Trinajstić information content (AvgIpc) is 3.23. The van der Waals surface area contributed by atoms with Crippen molar-refractivity contribution in [1.29, 1.82) is 0 Å². The van der Waals surface area contributed by atoms with Crippen LogP contribution in [-0.4, -0.2) is 33.6 Å². The predicted molar refractivity (Wildman–Crippen MR) is 116 cm³/mol. The van der Waals surface area contributed by atoms with Gasteiger partial charge in [0, 0.05) is 48.4 Å². The van der Waals surface area contributed by atoms with Gasteiger partial charge in [0.25, 0.3) is 5.69 Å². The van der Waals surface area contributed by atoms with E-state index in [2.05, 4.69) is 34.1 Å². The van der Waals surface area contributed by atoms with Crippen molar-refractivity contribution < 1.29 is 4.92 Å². The summed E-state index contributed by atoms with van der Waals surface area (Å²) in [6.45, 7) is 3.63. The standard InChI is InChI=1S/C22H22N4O2S/c27-26(28)20-8-4-7-18(13-20)21-16-29-22(24-21)14-23-19-9-11-25(12-10-19)15-17-5-2-1-3-6-17/h1-8,13,16H,9-12,14-15H2. The van der Waals surface area contributed by atoms with Gasteiger partial charge in [-0.05, 0) is 18.4 Å². The summed E-state index contributed by atoms with van der Waals surface area (Å²) < 4.78 is 0. The molecule has 1 saturated heterocycles. The number of piperidine rings is 1. The lowest BCUT2D eigenvalue weighted by atomic mass is 10.1. The minimum Gasteiger partial charge on any atom is -0.298 e. The lowest BCUT2D eigenvalue weighted by molar-refractivity contribution is -0.384. The molecule has 2 heterocycles. The zero-order valence-corrected chi connectivity index (χ0v) is 16.8. The number of nitrogens with zero attached hydrogens (tertiary/aromatic N) is 4. The first-order valence-corrected chi connectivity index (χ1v) is 10.5. The maximum absolute atomic E-state index is 11.0. The van der Waals surface area contributed by atoms with Crippen molar-refractivity contribution in [3.8, 4) is 11.3 Å². The summed E-state index contributed by atoms with van der Waals surface area (Å²) >= 11 is 1.55. The first-order valence-electron chi connectivity index (χ1n) is 9.65. The van der Waals surface area contributed by atoms with Crippen LogP contribution in [-0.2, 0) is 13.1 Å². The number of thiazole rings is 1. The molecule has 0 atom stereocenters. The molecule has 0 radical (unpaired) electrons. The van der Waals surface area contributed by atoms with Gasteiger partial charge in [-0.3, -0.25) is 20.0 Å². The van der Waals surface area contributed by atoms with E-state index in [4.69, 9.17) is 4.99 Å². The van der Waals surface area contributed by atoms with E-state index < -0.39 is 0 Å². The molecule has 1 aromatic heterocycles.